The molecule has 0 radical (unpaired) electrons. The van der Waals surface area contributed by atoms with Crippen molar-refractivity contribution in [2.24, 2.45) is 0 Å². The Balaban J connectivity index is 2.73. The highest BCUT2D eigenvalue weighted by Gasteiger charge is 2.09. The van der Waals surface area contributed by atoms with Gasteiger partial charge in [-0.25, -0.2) is 0 Å². The van der Waals surface area contributed by atoms with E-state index in [2.05, 4.69) is 19.9 Å². The molecule has 0 fully saturated rings. The lowest BCUT2D eigenvalue weighted by Crippen LogP contribution is -2.05. The topological polar surface area (TPSA) is 46.5 Å². The number of carbonyl (C=O) groups is 1. The van der Waals surface area contributed by atoms with E-state index in [-0.39, 0.29) is 6.42 Å². The molecule has 0 spiro atoms. The summed E-state index contributed by atoms with van der Waals surface area (Å²) in [5.41, 5.74) is 4.70. The lowest BCUT2D eigenvalue weighted by Gasteiger charge is -2.16. The zero-order valence-corrected chi connectivity index (χ0v) is 11.0. The first kappa shape index (κ1) is 13.6. The molecule has 0 bridgehead atoms. The molecule has 17 heavy (non-hydrogen) atoms. The van der Waals surface area contributed by atoms with Gasteiger partial charge in [0.05, 0.1) is 6.61 Å². The molecule has 3 heteroatoms. The van der Waals surface area contributed by atoms with E-state index in [9.17, 15) is 4.79 Å². The second-order valence-electron chi connectivity index (χ2n) is 4.44. The third kappa shape index (κ3) is 3.48. The van der Waals surface area contributed by atoms with Crippen LogP contribution in [0.25, 0.3) is 0 Å². The van der Waals surface area contributed by atoms with E-state index in [1.54, 1.807) is 0 Å². The van der Waals surface area contributed by atoms with Gasteiger partial charge in [-0.3, -0.25) is 4.79 Å². The number of benzene rings is 1. The Kier molecular flexibility index (Phi) is 4.55. The van der Waals surface area contributed by atoms with Crippen LogP contribution in [0.5, 0.6) is 5.75 Å². The Morgan fingerprint density at radius 1 is 1.18 bits per heavy atom. The van der Waals surface area contributed by atoms with Crippen molar-refractivity contribution in [2.45, 2.75) is 40.5 Å². The molecule has 0 unspecified atom stereocenters. The van der Waals surface area contributed by atoms with E-state index in [1.807, 2.05) is 13.8 Å². The molecule has 0 aliphatic carbocycles. The van der Waals surface area contributed by atoms with Crippen molar-refractivity contribution in [2.75, 3.05) is 6.61 Å². The van der Waals surface area contributed by atoms with Crippen LogP contribution in [-0.2, 0) is 4.79 Å². The maximum Gasteiger partial charge on any atom is 0.303 e. The first-order valence-corrected chi connectivity index (χ1v) is 5.85. The van der Waals surface area contributed by atoms with Gasteiger partial charge in [-0.05, 0) is 56.4 Å². The Hall–Kier alpha value is -1.51. The predicted molar refractivity (Wildman–Crippen MR) is 67.8 cm³/mol. The summed E-state index contributed by atoms with van der Waals surface area (Å²) >= 11 is 0. The highest BCUT2D eigenvalue weighted by Crippen LogP contribution is 2.28. The van der Waals surface area contributed by atoms with E-state index < -0.39 is 5.97 Å². The maximum atomic E-state index is 10.4. The lowest BCUT2D eigenvalue weighted by atomic mass is 10.0. The summed E-state index contributed by atoms with van der Waals surface area (Å²) in [5, 5.41) is 8.55. The van der Waals surface area contributed by atoms with Gasteiger partial charge in [0.15, 0.2) is 0 Å². The summed E-state index contributed by atoms with van der Waals surface area (Å²) in [6.07, 6.45) is 0.699. The fourth-order valence-electron chi connectivity index (χ4n) is 1.79. The molecule has 1 aromatic carbocycles. The molecular weight excluding hydrogens is 216 g/mol. The minimum Gasteiger partial charge on any atom is -0.493 e. The minimum absolute atomic E-state index is 0.156. The van der Waals surface area contributed by atoms with Gasteiger partial charge in [-0.15, -0.1) is 0 Å². The minimum atomic E-state index is -0.775. The Morgan fingerprint density at radius 2 is 1.71 bits per heavy atom. The van der Waals surface area contributed by atoms with Gasteiger partial charge in [0.25, 0.3) is 0 Å². The van der Waals surface area contributed by atoms with Gasteiger partial charge < -0.3 is 9.84 Å². The third-order valence-corrected chi connectivity index (χ3v) is 3.08. The normalized spacial score (nSPS) is 10.4. The van der Waals surface area contributed by atoms with Gasteiger partial charge in [-0.2, -0.15) is 0 Å². The summed E-state index contributed by atoms with van der Waals surface area (Å²) in [5.74, 6) is 0.135. The predicted octanol–water partition coefficient (Wildman–Crippen LogP) is 3.16. The van der Waals surface area contributed by atoms with Crippen LogP contribution in [0.4, 0.5) is 0 Å². The smallest absolute Gasteiger partial charge is 0.303 e. The van der Waals surface area contributed by atoms with E-state index in [0.717, 1.165) is 16.9 Å². The van der Waals surface area contributed by atoms with Crippen LogP contribution in [0.2, 0.25) is 0 Å². The number of carboxylic acids is 1. The Bertz CT molecular complexity index is 396. The number of carboxylic acid groups (broad SMARTS) is 1. The van der Waals surface area contributed by atoms with Crippen molar-refractivity contribution >= 4 is 5.97 Å². The number of aliphatic carboxylic acids is 1. The quantitative estimate of drug-likeness (QED) is 0.799. The van der Waals surface area contributed by atoms with Crippen LogP contribution < -0.4 is 4.74 Å². The zero-order chi connectivity index (χ0) is 13.0. The van der Waals surface area contributed by atoms with Crippen LogP contribution in [0.3, 0.4) is 0 Å². The molecule has 3 nitrogen and oxygen atoms in total. The number of aryl methyl sites for hydroxylation is 2. The molecule has 0 amide bonds. The maximum absolute atomic E-state index is 10.4. The van der Waals surface area contributed by atoms with Gasteiger partial charge in [0.1, 0.15) is 5.75 Å². The first-order chi connectivity index (χ1) is 7.93. The fourth-order valence-corrected chi connectivity index (χ4v) is 1.79. The van der Waals surface area contributed by atoms with Gasteiger partial charge in [-0.1, -0.05) is 6.07 Å². The SMILES string of the molecule is Cc1cc(C)c(C)c(OCCCC(=O)O)c1C. The summed E-state index contributed by atoms with van der Waals surface area (Å²) in [7, 11) is 0. The molecule has 0 atom stereocenters. The second kappa shape index (κ2) is 5.71. The Morgan fingerprint density at radius 3 is 2.18 bits per heavy atom. The summed E-state index contributed by atoms with van der Waals surface area (Å²) in [6.45, 7) is 8.65. The van der Waals surface area contributed by atoms with Crippen LogP contribution in [-0.4, -0.2) is 17.7 Å². The average molecular weight is 236 g/mol. The number of hydrogen-bond acceptors (Lipinski definition) is 2. The molecule has 0 aliphatic rings. The molecule has 0 aromatic heterocycles. The van der Waals surface area contributed by atoms with Crippen LogP contribution in [0, 0.1) is 27.7 Å². The van der Waals surface area contributed by atoms with Crippen LogP contribution >= 0.6 is 0 Å². The molecule has 0 aliphatic heterocycles. The van der Waals surface area contributed by atoms with Gasteiger partial charge in [0.2, 0.25) is 0 Å². The number of rotatable bonds is 5. The van der Waals surface area contributed by atoms with Crippen molar-refractivity contribution in [1.82, 2.24) is 0 Å². The second-order valence-corrected chi connectivity index (χ2v) is 4.44. The highest BCUT2D eigenvalue weighted by atomic mass is 16.5. The van der Waals surface area contributed by atoms with Crippen molar-refractivity contribution in [1.29, 1.82) is 0 Å². The zero-order valence-electron chi connectivity index (χ0n) is 11.0. The first-order valence-electron chi connectivity index (χ1n) is 5.85. The Labute approximate surface area is 102 Å². The molecule has 94 valence electrons. The van der Waals surface area contributed by atoms with Gasteiger partial charge >= 0.3 is 5.97 Å². The molecule has 1 aromatic rings. The summed E-state index contributed by atoms with van der Waals surface area (Å²) < 4.78 is 5.72. The van der Waals surface area contributed by atoms with E-state index in [1.165, 1.54) is 11.1 Å². The average Bonchev–Trinajstić information content (AvgIpc) is 2.25. The van der Waals surface area contributed by atoms with Crippen molar-refractivity contribution < 1.29 is 14.6 Å². The van der Waals surface area contributed by atoms with Crippen molar-refractivity contribution in [3.05, 3.63) is 28.3 Å². The molecule has 0 saturated carbocycles. The molecule has 1 N–H and O–H groups in total. The number of hydrogen-bond donors (Lipinski definition) is 1. The van der Waals surface area contributed by atoms with E-state index in [0.29, 0.717) is 13.0 Å². The largest absolute Gasteiger partial charge is 0.493 e. The van der Waals surface area contributed by atoms with Gasteiger partial charge in [0, 0.05) is 6.42 Å². The molecular formula is C14H20O3. The van der Waals surface area contributed by atoms with E-state index in [4.69, 9.17) is 9.84 Å². The van der Waals surface area contributed by atoms with Crippen molar-refractivity contribution in [3.63, 3.8) is 0 Å². The van der Waals surface area contributed by atoms with E-state index >= 15 is 0 Å². The summed E-state index contributed by atoms with van der Waals surface area (Å²) in [6, 6.07) is 2.15. The fraction of sp³-hybridized carbons (Fsp3) is 0.500. The summed E-state index contributed by atoms with van der Waals surface area (Å²) in [4.78, 5) is 10.4. The standard InChI is InChI=1S/C14H20O3/c1-9-8-10(2)12(4)14(11(9)3)17-7-5-6-13(15)16/h8H,5-7H2,1-4H3,(H,15,16). The molecule has 0 heterocycles. The molecule has 0 saturated heterocycles. The third-order valence-electron chi connectivity index (χ3n) is 3.08. The monoisotopic (exact) mass is 236 g/mol. The molecule has 1 rings (SSSR count). The van der Waals surface area contributed by atoms with Crippen molar-refractivity contribution in [3.8, 4) is 5.75 Å². The number of ether oxygens (including phenoxy) is 1. The highest BCUT2D eigenvalue weighted by molar-refractivity contribution is 5.66. The van der Waals surface area contributed by atoms with Crippen LogP contribution in [0.15, 0.2) is 6.07 Å². The lowest BCUT2D eigenvalue weighted by molar-refractivity contribution is -0.137. The van der Waals surface area contributed by atoms with Crippen LogP contribution in [0.1, 0.15) is 35.1 Å².